The lowest BCUT2D eigenvalue weighted by molar-refractivity contribution is 1.02. The summed E-state index contributed by atoms with van der Waals surface area (Å²) in [5.41, 5.74) is 11.8. The lowest BCUT2D eigenvalue weighted by atomic mass is 9.83. The van der Waals surface area contributed by atoms with Gasteiger partial charge in [0.05, 0.1) is 33.9 Å². The summed E-state index contributed by atoms with van der Waals surface area (Å²) in [6.45, 7) is 0. The van der Waals surface area contributed by atoms with Crippen LogP contribution in [0.15, 0.2) is 133 Å². The molecule has 0 spiro atoms. The fourth-order valence-corrected chi connectivity index (χ4v) is 6.88. The van der Waals surface area contributed by atoms with Crippen LogP contribution >= 0.6 is 0 Å². The second-order valence-corrected chi connectivity index (χ2v) is 10.7. The van der Waals surface area contributed by atoms with Gasteiger partial charge in [-0.25, -0.2) is 0 Å². The van der Waals surface area contributed by atoms with Gasteiger partial charge in [0.25, 0.3) is 0 Å². The number of aromatic nitrogens is 1. The summed E-state index contributed by atoms with van der Waals surface area (Å²) in [4.78, 5) is 0. The van der Waals surface area contributed by atoms with Crippen LogP contribution in [0.4, 0.5) is 0 Å². The highest BCUT2D eigenvalue weighted by Crippen LogP contribution is 2.50. The molecule has 1 aliphatic carbocycles. The predicted molar refractivity (Wildman–Crippen MR) is 168 cm³/mol. The van der Waals surface area contributed by atoms with E-state index in [1.54, 1.807) is 6.07 Å². The molecule has 1 aliphatic rings. The quantitative estimate of drug-likeness (QED) is 0.227. The SMILES string of the molecule is N#Cc1cc(C#N)c(-n2c3ccccc3c3ccccc32)c(-c2ccccc2C2c3ccccc3-c3ccccc32)c1. The highest BCUT2D eigenvalue weighted by atomic mass is 15.0. The van der Waals surface area contributed by atoms with Crippen LogP contribution in [-0.2, 0) is 0 Å². The number of hydrogen-bond donors (Lipinski definition) is 0. The van der Waals surface area contributed by atoms with Crippen molar-refractivity contribution in [3.63, 3.8) is 0 Å². The summed E-state index contributed by atoms with van der Waals surface area (Å²) >= 11 is 0. The number of nitrogens with zero attached hydrogens (tertiary/aromatic N) is 3. The molecule has 0 unspecified atom stereocenters. The van der Waals surface area contributed by atoms with Gasteiger partial charge in [-0.1, -0.05) is 109 Å². The zero-order valence-corrected chi connectivity index (χ0v) is 22.6. The molecule has 0 saturated carbocycles. The van der Waals surface area contributed by atoms with Crippen molar-refractivity contribution in [2.45, 2.75) is 5.92 Å². The van der Waals surface area contributed by atoms with E-state index in [9.17, 15) is 10.5 Å². The van der Waals surface area contributed by atoms with Crippen molar-refractivity contribution in [1.29, 1.82) is 10.5 Å². The molecular formula is C39H23N3. The molecule has 7 aromatic rings. The summed E-state index contributed by atoms with van der Waals surface area (Å²) < 4.78 is 2.20. The van der Waals surface area contributed by atoms with Crippen molar-refractivity contribution in [1.82, 2.24) is 4.57 Å². The molecule has 8 rings (SSSR count). The van der Waals surface area contributed by atoms with E-state index in [1.807, 2.05) is 36.4 Å². The van der Waals surface area contributed by atoms with Gasteiger partial charge in [-0.15, -0.1) is 0 Å². The normalized spacial score (nSPS) is 12.1. The topological polar surface area (TPSA) is 52.5 Å². The Hall–Kier alpha value is -5.90. The van der Waals surface area contributed by atoms with Crippen molar-refractivity contribution < 1.29 is 0 Å². The number of hydrogen-bond acceptors (Lipinski definition) is 2. The van der Waals surface area contributed by atoms with Crippen LogP contribution in [0.5, 0.6) is 0 Å². The van der Waals surface area contributed by atoms with E-state index in [1.165, 1.54) is 22.3 Å². The lowest BCUT2D eigenvalue weighted by Crippen LogP contribution is -2.06. The first-order valence-electron chi connectivity index (χ1n) is 14.0. The van der Waals surface area contributed by atoms with Crippen LogP contribution in [0.2, 0.25) is 0 Å². The average Bonchev–Trinajstić information content (AvgIpc) is 3.57. The van der Waals surface area contributed by atoms with E-state index in [4.69, 9.17) is 0 Å². The van der Waals surface area contributed by atoms with Crippen LogP contribution in [-0.4, -0.2) is 4.57 Å². The third-order valence-electron chi connectivity index (χ3n) is 8.56. The molecule has 0 atom stereocenters. The molecule has 0 saturated heterocycles. The van der Waals surface area contributed by atoms with Gasteiger partial charge in [0.15, 0.2) is 0 Å². The monoisotopic (exact) mass is 533 g/mol. The number of rotatable bonds is 3. The van der Waals surface area contributed by atoms with E-state index < -0.39 is 0 Å². The minimum absolute atomic E-state index is 0.0240. The molecule has 0 fully saturated rings. The number of fused-ring (bicyclic) bond motifs is 6. The van der Waals surface area contributed by atoms with Gasteiger partial charge in [-0.3, -0.25) is 0 Å². The molecule has 3 heteroatoms. The van der Waals surface area contributed by atoms with E-state index in [0.717, 1.165) is 44.2 Å². The van der Waals surface area contributed by atoms with Crippen molar-refractivity contribution in [2.24, 2.45) is 0 Å². The average molecular weight is 534 g/mol. The van der Waals surface area contributed by atoms with Crippen LogP contribution in [0, 0.1) is 22.7 Å². The highest BCUT2D eigenvalue weighted by Gasteiger charge is 2.32. The zero-order chi connectivity index (χ0) is 28.2. The molecule has 0 bridgehead atoms. The van der Waals surface area contributed by atoms with Gasteiger partial charge in [0.2, 0.25) is 0 Å². The second kappa shape index (κ2) is 9.34. The second-order valence-electron chi connectivity index (χ2n) is 10.7. The molecule has 194 valence electrons. The van der Waals surface area contributed by atoms with Crippen molar-refractivity contribution >= 4 is 21.8 Å². The molecule has 0 aliphatic heterocycles. The van der Waals surface area contributed by atoms with Gasteiger partial charge in [-0.05, 0) is 57.6 Å². The Morgan fingerprint density at radius 2 is 0.929 bits per heavy atom. The fourth-order valence-electron chi connectivity index (χ4n) is 6.88. The summed E-state index contributed by atoms with van der Waals surface area (Å²) in [5.74, 6) is 0.0240. The first-order chi connectivity index (χ1) is 20.8. The number of para-hydroxylation sites is 2. The van der Waals surface area contributed by atoms with Crippen molar-refractivity contribution in [3.8, 4) is 40.1 Å². The van der Waals surface area contributed by atoms with E-state index in [-0.39, 0.29) is 5.92 Å². The van der Waals surface area contributed by atoms with Crippen LogP contribution in [0.25, 0.3) is 49.7 Å². The fraction of sp³-hybridized carbons (Fsp3) is 0.0256. The molecule has 0 radical (unpaired) electrons. The largest absolute Gasteiger partial charge is 0.307 e. The van der Waals surface area contributed by atoms with Gasteiger partial charge in [-0.2, -0.15) is 10.5 Å². The maximum Gasteiger partial charge on any atom is 0.101 e. The van der Waals surface area contributed by atoms with Crippen LogP contribution in [0.3, 0.4) is 0 Å². The van der Waals surface area contributed by atoms with Crippen LogP contribution < -0.4 is 0 Å². The Kier molecular flexibility index (Phi) is 5.33. The van der Waals surface area contributed by atoms with E-state index in [0.29, 0.717) is 11.1 Å². The Balaban J connectivity index is 1.49. The van der Waals surface area contributed by atoms with E-state index in [2.05, 4.69) is 108 Å². The summed E-state index contributed by atoms with van der Waals surface area (Å²) in [7, 11) is 0. The summed E-state index contributed by atoms with van der Waals surface area (Å²) in [5, 5.41) is 22.8. The predicted octanol–water partition coefficient (Wildman–Crippen LogP) is 9.35. The Morgan fingerprint density at radius 1 is 0.476 bits per heavy atom. The molecule has 0 amide bonds. The summed E-state index contributed by atoms with van der Waals surface area (Å²) in [6, 6.07) is 50.8. The minimum atomic E-state index is 0.0240. The maximum atomic E-state index is 10.5. The molecule has 0 N–H and O–H groups in total. The Labute approximate surface area is 243 Å². The van der Waals surface area contributed by atoms with Gasteiger partial charge < -0.3 is 4.57 Å². The van der Waals surface area contributed by atoms with Gasteiger partial charge >= 0.3 is 0 Å². The molecule has 6 aromatic carbocycles. The summed E-state index contributed by atoms with van der Waals surface area (Å²) in [6.07, 6.45) is 0. The lowest BCUT2D eigenvalue weighted by Gasteiger charge is -2.22. The van der Waals surface area contributed by atoms with Crippen molar-refractivity contribution in [2.75, 3.05) is 0 Å². The molecule has 42 heavy (non-hydrogen) atoms. The third-order valence-corrected chi connectivity index (χ3v) is 8.56. The van der Waals surface area contributed by atoms with Gasteiger partial charge in [0.1, 0.15) is 6.07 Å². The minimum Gasteiger partial charge on any atom is -0.307 e. The number of nitriles is 2. The first kappa shape index (κ1) is 23.9. The molecule has 1 aromatic heterocycles. The highest BCUT2D eigenvalue weighted by molar-refractivity contribution is 6.10. The zero-order valence-electron chi connectivity index (χ0n) is 22.6. The third kappa shape index (κ3) is 3.38. The first-order valence-corrected chi connectivity index (χ1v) is 14.0. The maximum absolute atomic E-state index is 10.5. The smallest absolute Gasteiger partial charge is 0.101 e. The molecule has 1 heterocycles. The van der Waals surface area contributed by atoms with Crippen molar-refractivity contribution in [3.05, 3.63) is 161 Å². The van der Waals surface area contributed by atoms with Crippen LogP contribution in [0.1, 0.15) is 33.7 Å². The Bertz CT molecular complexity index is 2190. The van der Waals surface area contributed by atoms with Gasteiger partial charge in [0, 0.05) is 22.3 Å². The van der Waals surface area contributed by atoms with E-state index >= 15 is 0 Å². The molecular weight excluding hydrogens is 510 g/mol. The number of benzene rings is 6. The standard InChI is InChI=1S/C39H23N3/c40-23-25-21-26(24-41)39(42-36-19-9-7-14-30(36)31-15-8-10-20-37(31)42)35(22-25)29-13-3-6-18-34(29)38-32-16-4-1-11-27(32)28-12-2-5-17-33(28)38/h1-22,38H. The molecule has 3 nitrogen and oxygen atoms in total. The Morgan fingerprint density at radius 3 is 1.43 bits per heavy atom.